The zero-order valence-corrected chi connectivity index (χ0v) is 13.8. The van der Waals surface area contributed by atoms with Crippen molar-refractivity contribution < 1.29 is 19.4 Å². The van der Waals surface area contributed by atoms with E-state index in [9.17, 15) is 9.90 Å². The van der Waals surface area contributed by atoms with E-state index in [4.69, 9.17) is 9.47 Å². The van der Waals surface area contributed by atoms with Gasteiger partial charge in [0.1, 0.15) is 0 Å². The SMILES string of the molecule is COc1cc2cc(C(=O)[O-])cc(-c3ccc(C)cc3)c2cc1OC. The number of hydrogen-bond donors (Lipinski definition) is 0. The number of methoxy groups -OCH3 is 2. The maximum absolute atomic E-state index is 11.4. The molecule has 0 amide bonds. The predicted molar refractivity (Wildman–Crippen MR) is 91.6 cm³/mol. The van der Waals surface area contributed by atoms with Gasteiger partial charge in [0.05, 0.1) is 20.2 Å². The summed E-state index contributed by atoms with van der Waals surface area (Å²) in [6.45, 7) is 2.01. The average molecular weight is 321 g/mol. The normalized spacial score (nSPS) is 10.6. The maximum Gasteiger partial charge on any atom is 0.161 e. The summed E-state index contributed by atoms with van der Waals surface area (Å²) in [5, 5.41) is 13.0. The minimum absolute atomic E-state index is 0.130. The summed E-state index contributed by atoms with van der Waals surface area (Å²) in [6, 6.07) is 14.8. The first-order chi connectivity index (χ1) is 11.5. The van der Waals surface area contributed by atoms with Crippen LogP contribution in [0.25, 0.3) is 21.9 Å². The standard InChI is InChI=1S/C20H18O4/c1-12-4-6-13(7-5-12)16-9-15(20(21)22)8-14-10-18(23-2)19(24-3)11-17(14)16/h4-11H,1-3H3,(H,21,22)/p-1. The molecule has 122 valence electrons. The Labute approximate surface area is 140 Å². The van der Waals surface area contributed by atoms with Crippen LogP contribution < -0.4 is 14.6 Å². The molecule has 0 unspecified atom stereocenters. The van der Waals surface area contributed by atoms with E-state index in [0.717, 1.165) is 27.5 Å². The van der Waals surface area contributed by atoms with E-state index in [1.807, 2.05) is 37.3 Å². The van der Waals surface area contributed by atoms with Crippen LogP contribution >= 0.6 is 0 Å². The van der Waals surface area contributed by atoms with Crippen LogP contribution in [0.1, 0.15) is 15.9 Å². The maximum atomic E-state index is 11.4. The Kier molecular flexibility index (Phi) is 4.13. The zero-order valence-electron chi connectivity index (χ0n) is 13.8. The molecule has 3 aromatic rings. The van der Waals surface area contributed by atoms with Crippen LogP contribution in [0.15, 0.2) is 48.5 Å². The van der Waals surface area contributed by atoms with E-state index in [1.54, 1.807) is 32.4 Å². The molecule has 3 aromatic carbocycles. The molecule has 24 heavy (non-hydrogen) atoms. The highest BCUT2D eigenvalue weighted by atomic mass is 16.5. The molecule has 0 radical (unpaired) electrons. The molecular formula is C20H17O4-. The Morgan fingerprint density at radius 3 is 2.12 bits per heavy atom. The van der Waals surface area contributed by atoms with Gasteiger partial charge in [-0.25, -0.2) is 0 Å². The summed E-state index contributed by atoms with van der Waals surface area (Å²) in [5.41, 5.74) is 3.01. The van der Waals surface area contributed by atoms with E-state index in [2.05, 4.69) is 0 Å². The van der Waals surface area contributed by atoms with E-state index >= 15 is 0 Å². The molecule has 0 N–H and O–H groups in total. The molecule has 0 saturated carbocycles. The lowest BCUT2D eigenvalue weighted by Crippen LogP contribution is -2.22. The highest BCUT2D eigenvalue weighted by Crippen LogP contribution is 2.38. The van der Waals surface area contributed by atoms with Crippen molar-refractivity contribution in [2.24, 2.45) is 0 Å². The van der Waals surface area contributed by atoms with Crippen LogP contribution in [-0.2, 0) is 0 Å². The quantitative estimate of drug-likeness (QED) is 0.740. The lowest BCUT2D eigenvalue weighted by atomic mass is 9.94. The number of fused-ring (bicyclic) bond motifs is 1. The second-order valence-corrected chi connectivity index (χ2v) is 5.61. The third-order valence-corrected chi connectivity index (χ3v) is 4.05. The van der Waals surface area contributed by atoms with Crippen LogP contribution in [-0.4, -0.2) is 20.2 Å². The number of carboxylic acids is 1. The third-order valence-electron chi connectivity index (χ3n) is 4.05. The molecular weight excluding hydrogens is 304 g/mol. The summed E-state index contributed by atoms with van der Waals surface area (Å²) in [4.78, 5) is 11.4. The minimum atomic E-state index is -1.21. The van der Waals surface area contributed by atoms with Crippen molar-refractivity contribution in [2.45, 2.75) is 6.92 Å². The first-order valence-corrected chi connectivity index (χ1v) is 7.51. The highest BCUT2D eigenvalue weighted by molar-refractivity contribution is 6.03. The molecule has 0 spiro atoms. The number of hydrogen-bond acceptors (Lipinski definition) is 4. The molecule has 0 fully saturated rings. The largest absolute Gasteiger partial charge is 0.545 e. The van der Waals surface area contributed by atoms with Gasteiger partial charge in [-0.05, 0) is 58.7 Å². The van der Waals surface area contributed by atoms with Gasteiger partial charge < -0.3 is 19.4 Å². The number of ether oxygens (including phenoxy) is 2. The van der Waals surface area contributed by atoms with Gasteiger partial charge >= 0.3 is 0 Å². The van der Waals surface area contributed by atoms with Gasteiger partial charge in [-0.15, -0.1) is 0 Å². The van der Waals surface area contributed by atoms with Crippen LogP contribution in [0.5, 0.6) is 11.5 Å². The monoisotopic (exact) mass is 321 g/mol. The number of carboxylic acid groups (broad SMARTS) is 1. The molecule has 0 aromatic heterocycles. The number of rotatable bonds is 4. The van der Waals surface area contributed by atoms with Gasteiger partial charge in [0.15, 0.2) is 11.5 Å². The number of carbonyl (C=O) groups is 1. The van der Waals surface area contributed by atoms with Gasteiger partial charge in [-0.2, -0.15) is 0 Å². The fourth-order valence-corrected chi connectivity index (χ4v) is 2.78. The molecule has 0 bridgehead atoms. The third kappa shape index (κ3) is 2.78. The van der Waals surface area contributed by atoms with Crippen LogP contribution in [0.4, 0.5) is 0 Å². The molecule has 0 aliphatic carbocycles. The van der Waals surface area contributed by atoms with Crippen molar-refractivity contribution in [1.82, 2.24) is 0 Å². The molecule has 3 rings (SSSR count). The van der Waals surface area contributed by atoms with Crippen molar-refractivity contribution in [3.8, 4) is 22.6 Å². The van der Waals surface area contributed by atoms with Crippen molar-refractivity contribution in [2.75, 3.05) is 14.2 Å². The highest BCUT2D eigenvalue weighted by Gasteiger charge is 2.12. The Morgan fingerprint density at radius 2 is 1.54 bits per heavy atom. The van der Waals surface area contributed by atoms with Gasteiger partial charge in [-0.1, -0.05) is 29.8 Å². The Balaban J connectivity index is 2.36. The molecule has 0 aliphatic rings. The van der Waals surface area contributed by atoms with Crippen molar-refractivity contribution in [1.29, 1.82) is 0 Å². The average Bonchev–Trinajstić information content (AvgIpc) is 2.60. The molecule has 0 heterocycles. The summed E-state index contributed by atoms with van der Waals surface area (Å²) in [7, 11) is 3.12. The van der Waals surface area contributed by atoms with Gasteiger partial charge in [-0.3, -0.25) is 0 Å². The second-order valence-electron chi connectivity index (χ2n) is 5.61. The van der Waals surface area contributed by atoms with Crippen molar-refractivity contribution in [3.05, 3.63) is 59.7 Å². The summed E-state index contributed by atoms with van der Waals surface area (Å²) >= 11 is 0. The minimum Gasteiger partial charge on any atom is -0.545 e. The van der Waals surface area contributed by atoms with Gasteiger partial charge in [0.2, 0.25) is 0 Å². The van der Waals surface area contributed by atoms with E-state index in [1.165, 1.54) is 0 Å². The number of carbonyl (C=O) groups excluding carboxylic acids is 1. The molecule has 0 aliphatic heterocycles. The first-order valence-electron chi connectivity index (χ1n) is 7.51. The number of benzene rings is 3. The fraction of sp³-hybridized carbons (Fsp3) is 0.150. The van der Waals surface area contributed by atoms with Crippen LogP contribution in [0.3, 0.4) is 0 Å². The van der Waals surface area contributed by atoms with Gasteiger partial charge in [0, 0.05) is 0 Å². The summed E-state index contributed by atoms with van der Waals surface area (Å²) in [5.74, 6) is -0.0602. The van der Waals surface area contributed by atoms with Crippen LogP contribution in [0.2, 0.25) is 0 Å². The zero-order chi connectivity index (χ0) is 17.3. The Bertz CT molecular complexity index is 911. The molecule has 0 saturated heterocycles. The Morgan fingerprint density at radius 1 is 0.917 bits per heavy atom. The fourth-order valence-electron chi connectivity index (χ4n) is 2.78. The smallest absolute Gasteiger partial charge is 0.161 e. The molecule has 4 nitrogen and oxygen atoms in total. The molecule has 0 atom stereocenters. The lowest BCUT2D eigenvalue weighted by molar-refractivity contribution is -0.255. The van der Waals surface area contributed by atoms with E-state index in [-0.39, 0.29) is 5.56 Å². The van der Waals surface area contributed by atoms with E-state index in [0.29, 0.717) is 11.5 Å². The molecule has 4 heteroatoms. The van der Waals surface area contributed by atoms with Gasteiger partial charge in [0.25, 0.3) is 0 Å². The Hall–Kier alpha value is -3.01. The lowest BCUT2D eigenvalue weighted by Gasteiger charge is -2.15. The van der Waals surface area contributed by atoms with Crippen molar-refractivity contribution >= 4 is 16.7 Å². The summed E-state index contributed by atoms with van der Waals surface area (Å²) in [6.07, 6.45) is 0. The second kappa shape index (κ2) is 6.24. The predicted octanol–water partition coefficient (Wildman–Crippen LogP) is 3.20. The first kappa shape index (κ1) is 15.9. The van der Waals surface area contributed by atoms with Crippen LogP contribution in [0, 0.1) is 6.92 Å². The number of aryl methyl sites for hydroxylation is 1. The topological polar surface area (TPSA) is 58.6 Å². The number of aromatic carboxylic acids is 1. The van der Waals surface area contributed by atoms with Crippen molar-refractivity contribution in [3.63, 3.8) is 0 Å². The van der Waals surface area contributed by atoms with E-state index < -0.39 is 5.97 Å². The summed E-state index contributed by atoms with van der Waals surface area (Å²) < 4.78 is 10.7.